The number of nitrogens with zero attached hydrogens (tertiary/aromatic N) is 1. The molecular weight excluding hydrogens is 254 g/mol. The first-order chi connectivity index (χ1) is 9.52. The van der Waals surface area contributed by atoms with Gasteiger partial charge in [-0.05, 0) is 38.3 Å². The van der Waals surface area contributed by atoms with Gasteiger partial charge >= 0.3 is 6.03 Å². The van der Waals surface area contributed by atoms with Crippen LogP contribution in [0.3, 0.4) is 0 Å². The van der Waals surface area contributed by atoms with Gasteiger partial charge in [-0.25, -0.2) is 4.79 Å². The van der Waals surface area contributed by atoms with Crippen LogP contribution in [0.25, 0.3) is 0 Å². The summed E-state index contributed by atoms with van der Waals surface area (Å²) in [7, 11) is 1.70. The van der Waals surface area contributed by atoms with Gasteiger partial charge in [-0.2, -0.15) is 0 Å². The number of anilines is 1. The maximum absolute atomic E-state index is 11.1. The molecule has 5 heteroatoms. The Hall–Kier alpha value is -1.91. The summed E-state index contributed by atoms with van der Waals surface area (Å²) in [5.74, 6) is 0.935. The predicted molar refractivity (Wildman–Crippen MR) is 80.3 cm³/mol. The molecule has 2 rings (SSSR count). The van der Waals surface area contributed by atoms with Crippen LogP contribution in [0.5, 0.6) is 5.75 Å². The third-order valence-corrected chi connectivity index (χ3v) is 3.97. The van der Waals surface area contributed by atoms with Gasteiger partial charge in [-0.1, -0.05) is 6.07 Å². The number of benzene rings is 1. The third kappa shape index (κ3) is 2.98. The smallest absolute Gasteiger partial charge is 0.314 e. The van der Waals surface area contributed by atoms with Crippen molar-refractivity contribution in [3.63, 3.8) is 0 Å². The highest BCUT2D eigenvalue weighted by molar-refractivity contribution is 5.72. The van der Waals surface area contributed by atoms with Crippen LogP contribution < -0.4 is 15.8 Å². The predicted octanol–water partition coefficient (Wildman–Crippen LogP) is 2.27. The molecule has 1 aromatic carbocycles. The molecule has 110 valence electrons. The highest BCUT2D eigenvalue weighted by Crippen LogP contribution is 2.30. The van der Waals surface area contributed by atoms with Crippen molar-refractivity contribution in [3.05, 3.63) is 23.3 Å². The van der Waals surface area contributed by atoms with Gasteiger partial charge in [0.25, 0.3) is 0 Å². The molecule has 1 heterocycles. The van der Waals surface area contributed by atoms with Crippen molar-refractivity contribution in [2.24, 2.45) is 5.73 Å². The Labute approximate surface area is 120 Å². The number of nitrogens with two attached hydrogens (primary N) is 1. The summed E-state index contributed by atoms with van der Waals surface area (Å²) in [6.45, 7) is 5.54. The molecule has 5 nitrogen and oxygen atoms in total. The Kier molecular flexibility index (Phi) is 4.37. The highest BCUT2D eigenvalue weighted by Gasteiger charge is 2.21. The van der Waals surface area contributed by atoms with Gasteiger partial charge in [-0.3, -0.25) is 0 Å². The molecule has 1 aromatic rings. The van der Waals surface area contributed by atoms with Gasteiger partial charge in [0, 0.05) is 30.4 Å². The lowest BCUT2D eigenvalue weighted by molar-refractivity contribution is 0.193. The lowest BCUT2D eigenvalue weighted by Crippen LogP contribution is -2.44. The number of methoxy groups -OCH3 is 1. The van der Waals surface area contributed by atoms with Crippen LogP contribution in [0.4, 0.5) is 10.5 Å². The molecule has 0 spiro atoms. The molecule has 1 aliphatic rings. The van der Waals surface area contributed by atoms with Crippen molar-refractivity contribution >= 4 is 11.7 Å². The molecule has 0 bridgehead atoms. The van der Waals surface area contributed by atoms with E-state index in [2.05, 4.69) is 24.4 Å². The number of amides is 2. The number of hydrogen-bond donors (Lipinski definition) is 2. The van der Waals surface area contributed by atoms with E-state index >= 15 is 0 Å². The molecule has 0 saturated carbocycles. The van der Waals surface area contributed by atoms with Crippen molar-refractivity contribution in [2.45, 2.75) is 32.7 Å². The average molecular weight is 277 g/mol. The Morgan fingerprint density at radius 1 is 1.35 bits per heavy atom. The van der Waals surface area contributed by atoms with E-state index in [-0.39, 0.29) is 6.03 Å². The largest absolute Gasteiger partial charge is 0.496 e. The topological polar surface area (TPSA) is 67.6 Å². The summed E-state index contributed by atoms with van der Waals surface area (Å²) in [6.07, 6.45) is 1.83. The fourth-order valence-electron chi connectivity index (χ4n) is 2.76. The van der Waals surface area contributed by atoms with Crippen LogP contribution in [0.15, 0.2) is 12.1 Å². The fourth-order valence-corrected chi connectivity index (χ4v) is 2.76. The van der Waals surface area contributed by atoms with Crippen LogP contribution in [0.2, 0.25) is 0 Å². The van der Waals surface area contributed by atoms with E-state index in [0.717, 1.165) is 48.5 Å². The van der Waals surface area contributed by atoms with Crippen molar-refractivity contribution < 1.29 is 9.53 Å². The summed E-state index contributed by atoms with van der Waals surface area (Å²) in [6, 6.07) is 4.20. The zero-order valence-corrected chi connectivity index (χ0v) is 12.4. The van der Waals surface area contributed by atoms with Gasteiger partial charge in [0.2, 0.25) is 0 Å². The monoisotopic (exact) mass is 277 g/mol. The average Bonchev–Trinajstić information content (AvgIpc) is 2.43. The first-order valence-electron chi connectivity index (χ1n) is 6.98. The summed E-state index contributed by atoms with van der Waals surface area (Å²) < 4.78 is 5.44. The normalized spacial score (nSPS) is 16.1. The molecule has 1 fully saturated rings. The molecule has 20 heavy (non-hydrogen) atoms. The zero-order valence-electron chi connectivity index (χ0n) is 12.4. The number of carbonyl (C=O) groups is 1. The first kappa shape index (κ1) is 14.5. The lowest BCUT2D eigenvalue weighted by Gasteiger charge is -2.32. The minimum absolute atomic E-state index is 0.323. The van der Waals surface area contributed by atoms with Gasteiger partial charge in [-0.15, -0.1) is 0 Å². The van der Waals surface area contributed by atoms with Gasteiger partial charge in [0.05, 0.1) is 7.11 Å². The number of carbonyl (C=O) groups excluding carboxylic acids is 1. The zero-order chi connectivity index (χ0) is 14.7. The Balaban J connectivity index is 2.03. The number of rotatable bonds is 3. The van der Waals surface area contributed by atoms with E-state index in [0.29, 0.717) is 6.04 Å². The molecule has 1 aliphatic heterocycles. The maximum Gasteiger partial charge on any atom is 0.314 e. The van der Waals surface area contributed by atoms with Crippen LogP contribution in [0, 0.1) is 13.8 Å². The summed E-state index contributed by atoms with van der Waals surface area (Å²) in [5.41, 5.74) is 8.66. The number of hydrogen-bond acceptors (Lipinski definition) is 3. The van der Waals surface area contributed by atoms with Crippen LogP contribution in [0.1, 0.15) is 24.0 Å². The second-order valence-electron chi connectivity index (χ2n) is 5.33. The Bertz CT molecular complexity index is 494. The number of nitrogens with one attached hydrogen (secondary N) is 1. The summed E-state index contributed by atoms with van der Waals surface area (Å²) in [4.78, 5) is 12.8. The molecule has 0 radical (unpaired) electrons. The molecule has 3 N–H and O–H groups in total. The standard InChI is InChI=1S/C15H23N3O2/c1-10-4-5-13(11(2)14(10)20-3)17-12-6-8-18(9-7-12)15(16)19/h4-5,12,17H,6-9H2,1-3H3,(H2,16,19). The molecule has 1 saturated heterocycles. The van der Waals surface area contributed by atoms with Crippen molar-refractivity contribution in [1.29, 1.82) is 0 Å². The SMILES string of the molecule is COc1c(C)ccc(NC2CCN(C(N)=O)CC2)c1C. The fraction of sp³-hybridized carbons (Fsp3) is 0.533. The highest BCUT2D eigenvalue weighted by atomic mass is 16.5. The number of likely N-dealkylation sites (tertiary alicyclic amines) is 1. The molecule has 0 aromatic heterocycles. The van der Waals surface area contributed by atoms with E-state index in [9.17, 15) is 4.79 Å². The minimum atomic E-state index is -0.323. The second kappa shape index (κ2) is 6.03. The summed E-state index contributed by atoms with van der Waals surface area (Å²) >= 11 is 0. The number of aryl methyl sites for hydroxylation is 1. The van der Waals surface area contributed by atoms with Gasteiger partial charge in [0.1, 0.15) is 5.75 Å². The molecule has 2 amide bonds. The van der Waals surface area contributed by atoms with E-state index in [1.54, 1.807) is 12.0 Å². The number of urea groups is 1. The van der Waals surface area contributed by atoms with E-state index < -0.39 is 0 Å². The molecule has 0 aliphatic carbocycles. The quantitative estimate of drug-likeness (QED) is 0.890. The molecule has 0 unspecified atom stereocenters. The van der Waals surface area contributed by atoms with Crippen molar-refractivity contribution in [2.75, 3.05) is 25.5 Å². The van der Waals surface area contributed by atoms with E-state index in [1.165, 1.54) is 0 Å². The number of ether oxygens (including phenoxy) is 1. The van der Waals surface area contributed by atoms with Crippen molar-refractivity contribution in [3.8, 4) is 5.75 Å². The van der Waals surface area contributed by atoms with E-state index in [4.69, 9.17) is 10.5 Å². The van der Waals surface area contributed by atoms with Gasteiger partial charge in [0.15, 0.2) is 0 Å². The first-order valence-corrected chi connectivity index (χ1v) is 6.98. The maximum atomic E-state index is 11.1. The molecular formula is C15H23N3O2. The Morgan fingerprint density at radius 2 is 2.00 bits per heavy atom. The Morgan fingerprint density at radius 3 is 2.55 bits per heavy atom. The van der Waals surface area contributed by atoms with E-state index in [1.807, 2.05) is 6.92 Å². The van der Waals surface area contributed by atoms with Crippen LogP contribution in [-0.2, 0) is 0 Å². The second-order valence-corrected chi connectivity index (χ2v) is 5.33. The van der Waals surface area contributed by atoms with Crippen LogP contribution in [-0.4, -0.2) is 37.2 Å². The number of piperidine rings is 1. The lowest BCUT2D eigenvalue weighted by atomic mass is 10.0. The van der Waals surface area contributed by atoms with Crippen molar-refractivity contribution in [1.82, 2.24) is 4.90 Å². The molecule has 0 atom stereocenters. The minimum Gasteiger partial charge on any atom is -0.496 e. The number of primary amides is 1. The third-order valence-electron chi connectivity index (χ3n) is 3.97. The summed E-state index contributed by atoms with van der Waals surface area (Å²) in [5, 5.41) is 3.55. The van der Waals surface area contributed by atoms with Gasteiger partial charge < -0.3 is 20.7 Å². The van der Waals surface area contributed by atoms with Crippen LogP contribution >= 0.6 is 0 Å².